The SMILES string of the molecule is COC(=O)c1ccccc1NCCC(=O)Nc1cccc2cccnc12. The summed E-state index contributed by atoms with van der Waals surface area (Å²) in [6, 6.07) is 16.5. The monoisotopic (exact) mass is 349 g/mol. The molecule has 0 saturated carbocycles. The van der Waals surface area contributed by atoms with E-state index in [0.29, 0.717) is 23.5 Å². The van der Waals surface area contributed by atoms with Gasteiger partial charge in [-0.3, -0.25) is 9.78 Å². The molecule has 2 N–H and O–H groups in total. The fourth-order valence-electron chi connectivity index (χ4n) is 2.65. The highest BCUT2D eigenvalue weighted by atomic mass is 16.5. The molecule has 132 valence electrons. The zero-order valence-electron chi connectivity index (χ0n) is 14.4. The van der Waals surface area contributed by atoms with Crippen molar-refractivity contribution in [3.05, 3.63) is 66.4 Å². The van der Waals surface area contributed by atoms with Crippen LogP contribution in [0.5, 0.6) is 0 Å². The molecule has 1 aromatic heterocycles. The van der Waals surface area contributed by atoms with Crippen molar-refractivity contribution in [1.82, 2.24) is 4.98 Å². The van der Waals surface area contributed by atoms with Crippen molar-refractivity contribution in [2.45, 2.75) is 6.42 Å². The minimum Gasteiger partial charge on any atom is -0.465 e. The smallest absolute Gasteiger partial charge is 0.339 e. The molecular weight excluding hydrogens is 330 g/mol. The van der Waals surface area contributed by atoms with E-state index in [1.165, 1.54) is 7.11 Å². The van der Waals surface area contributed by atoms with Crippen LogP contribution in [-0.2, 0) is 9.53 Å². The topological polar surface area (TPSA) is 80.3 Å². The van der Waals surface area contributed by atoms with E-state index in [0.717, 1.165) is 10.9 Å². The molecule has 1 heterocycles. The molecule has 26 heavy (non-hydrogen) atoms. The van der Waals surface area contributed by atoms with Crippen LogP contribution in [-0.4, -0.2) is 30.5 Å². The maximum Gasteiger partial charge on any atom is 0.339 e. The first-order valence-electron chi connectivity index (χ1n) is 8.24. The largest absolute Gasteiger partial charge is 0.465 e. The van der Waals surface area contributed by atoms with Crippen LogP contribution in [0.15, 0.2) is 60.8 Å². The first-order valence-corrected chi connectivity index (χ1v) is 8.24. The predicted octanol–water partition coefficient (Wildman–Crippen LogP) is 3.46. The van der Waals surface area contributed by atoms with Crippen LogP contribution in [0.1, 0.15) is 16.8 Å². The lowest BCUT2D eigenvalue weighted by Crippen LogP contribution is -2.17. The number of fused-ring (bicyclic) bond motifs is 1. The van der Waals surface area contributed by atoms with Crippen LogP contribution in [0.4, 0.5) is 11.4 Å². The van der Waals surface area contributed by atoms with E-state index in [4.69, 9.17) is 4.74 Å². The second kappa shape index (κ2) is 8.11. The highest BCUT2D eigenvalue weighted by molar-refractivity contribution is 6.00. The van der Waals surface area contributed by atoms with Crippen molar-refractivity contribution in [2.75, 3.05) is 24.3 Å². The van der Waals surface area contributed by atoms with Crippen LogP contribution in [0.3, 0.4) is 0 Å². The number of ether oxygens (including phenoxy) is 1. The molecule has 1 amide bonds. The Hall–Kier alpha value is -3.41. The summed E-state index contributed by atoms with van der Waals surface area (Å²) in [6.07, 6.45) is 1.95. The summed E-state index contributed by atoms with van der Waals surface area (Å²) in [7, 11) is 1.34. The second-order valence-corrected chi connectivity index (χ2v) is 5.64. The van der Waals surface area contributed by atoms with Gasteiger partial charge in [0.15, 0.2) is 0 Å². The van der Waals surface area contributed by atoms with E-state index in [-0.39, 0.29) is 12.3 Å². The number of para-hydroxylation sites is 2. The molecule has 0 fully saturated rings. The Kier molecular flexibility index (Phi) is 5.43. The fraction of sp³-hybridized carbons (Fsp3) is 0.150. The quantitative estimate of drug-likeness (QED) is 0.666. The van der Waals surface area contributed by atoms with E-state index in [1.54, 1.807) is 24.4 Å². The predicted molar refractivity (Wildman–Crippen MR) is 101 cm³/mol. The lowest BCUT2D eigenvalue weighted by Gasteiger charge is -2.11. The van der Waals surface area contributed by atoms with E-state index in [9.17, 15) is 9.59 Å². The fourth-order valence-corrected chi connectivity index (χ4v) is 2.65. The summed E-state index contributed by atoms with van der Waals surface area (Å²) in [6.45, 7) is 0.387. The normalized spacial score (nSPS) is 10.3. The molecule has 0 atom stereocenters. The van der Waals surface area contributed by atoms with Gasteiger partial charge < -0.3 is 15.4 Å². The molecular formula is C20H19N3O3. The number of esters is 1. The van der Waals surface area contributed by atoms with Gasteiger partial charge in [0.25, 0.3) is 0 Å². The number of aromatic nitrogens is 1. The number of hydrogen-bond acceptors (Lipinski definition) is 5. The number of nitrogens with one attached hydrogen (secondary N) is 2. The number of amides is 1. The summed E-state index contributed by atoms with van der Waals surface area (Å²) in [5, 5.41) is 6.96. The van der Waals surface area contributed by atoms with Crippen LogP contribution in [0.2, 0.25) is 0 Å². The molecule has 0 aliphatic rings. The van der Waals surface area contributed by atoms with E-state index in [2.05, 4.69) is 15.6 Å². The summed E-state index contributed by atoms with van der Waals surface area (Å²) in [5.41, 5.74) is 2.52. The van der Waals surface area contributed by atoms with Crippen molar-refractivity contribution < 1.29 is 14.3 Å². The Morgan fingerprint density at radius 3 is 2.62 bits per heavy atom. The van der Waals surface area contributed by atoms with Crippen molar-refractivity contribution in [3.8, 4) is 0 Å². The molecule has 3 rings (SSSR count). The maximum absolute atomic E-state index is 12.3. The van der Waals surface area contributed by atoms with Gasteiger partial charge in [-0.15, -0.1) is 0 Å². The van der Waals surface area contributed by atoms with Gasteiger partial charge in [0.05, 0.1) is 23.9 Å². The Bertz CT molecular complexity index is 935. The highest BCUT2D eigenvalue weighted by Crippen LogP contribution is 2.21. The van der Waals surface area contributed by atoms with E-state index in [1.807, 2.05) is 36.4 Å². The highest BCUT2D eigenvalue weighted by Gasteiger charge is 2.11. The second-order valence-electron chi connectivity index (χ2n) is 5.64. The van der Waals surface area contributed by atoms with Gasteiger partial charge in [0.1, 0.15) is 0 Å². The molecule has 3 aromatic rings. The minimum atomic E-state index is -0.417. The van der Waals surface area contributed by atoms with Gasteiger partial charge in [-0.25, -0.2) is 4.79 Å². The number of nitrogens with zero attached hydrogens (tertiary/aromatic N) is 1. The summed E-state index contributed by atoms with van der Waals surface area (Å²) >= 11 is 0. The third kappa shape index (κ3) is 3.97. The molecule has 0 bridgehead atoms. The number of carbonyl (C=O) groups is 2. The number of pyridine rings is 1. The number of methoxy groups -OCH3 is 1. The van der Waals surface area contributed by atoms with Crippen molar-refractivity contribution in [3.63, 3.8) is 0 Å². The van der Waals surface area contributed by atoms with Gasteiger partial charge in [-0.1, -0.05) is 30.3 Å². The lowest BCUT2D eigenvalue weighted by atomic mass is 10.1. The van der Waals surface area contributed by atoms with Gasteiger partial charge >= 0.3 is 5.97 Å². The number of hydrogen-bond donors (Lipinski definition) is 2. The molecule has 0 spiro atoms. The van der Waals surface area contributed by atoms with Crippen molar-refractivity contribution in [2.24, 2.45) is 0 Å². The van der Waals surface area contributed by atoms with Gasteiger partial charge in [0, 0.05) is 30.2 Å². The van der Waals surface area contributed by atoms with Gasteiger partial charge in [0.2, 0.25) is 5.91 Å². The average molecular weight is 349 g/mol. The standard InChI is InChI=1S/C20H19N3O3/c1-26-20(25)15-8-2-3-9-16(15)21-13-11-18(24)23-17-10-4-6-14-7-5-12-22-19(14)17/h2-10,12,21H,11,13H2,1H3,(H,23,24). The number of anilines is 2. The summed E-state index contributed by atoms with van der Waals surface area (Å²) < 4.78 is 4.76. The molecule has 2 aromatic carbocycles. The molecule has 0 aliphatic carbocycles. The maximum atomic E-state index is 12.3. The Morgan fingerprint density at radius 1 is 1.00 bits per heavy atom. The van der Waals surface area contributed by atoms with Crippen LogP contribution in [0.25, 0.3) is 10.9 Å². The summed E-state index contributed by atoms with van der Waals surface area (Å²) in [5.74, 6) is -0.550. The van der Waals surface area contributed by atoms with Gasteiger partial charge in [-0.05, 0) is 24.3 Å². The van der Waals surface area contributed by atoms with E-state index < -0.39 is 5.97 Å². The molecule has 0 saturated heterocycles. The molecule has 6 nitrogen and oxygen atoms in total. The Morgan fingerprint density at radius 2 is 1.77 bits per heavy atom. The number of rotatable bonds is 6. The zero-order chi connectivity index (χ0) is 18.4. The van der Waals surface area contributed by atoms with Crippen molar-refractivity contribution >= 4 is 34.2 Å². The average Bonchev–Trinajstić information content (AvgIpc) is 2.68. The minimum absolute atomic E-state index is 0.133. The molecule has 0 radical (unpaired) electrons. The summed E-state index contributed by atoms with van der Waals surface area (Å²) in [4.78, 5) is 28.3. The first-order chi connectivity index (χ1) is 12.7. The van der Waals surface area contributed by atoms with E-state index >= 15 is 0 Å². The molecule has 6 heteroatoms. The lowest BCUT2D eigenvalue weighted by molar-refractivity contribution is -0.115. The van der Waals surface area contributed by atoms with Crippen molar-refractivity contribution in [1.29, 1.82) is 0 Å². The zero-order valence-corrected chi connectivity index (χ0v) is 14.4. The van der Waals surface area contributed by atoms with Gasteiger partial charge in [-0.2, -0.15) is 0 Å². The Labute approximate surface area is 151 Å². The third-order valence-electron chi connectivity index (χ3n) is 3.91. The number of benzene rings is 2. The first kappa shape index (κ1) is 17.4. The van der Waals surface area contributed by atoms with Crippen LogP contribution < -0.4 is 10.6 Å². The number of carbonyl (C=O) groups excluding carboxylic acids is 2. The molecule has 0 aliphatic heterocycles. The van der Waals surface area contributed by atoms with Crippen LogP contribution >= 0.6 is 0 Å². The molecule has 0 unspecified atom stereocenters. The van der Waals surface area contributed by atoms with Crippen LogP contribution in [0, 0.1) is 0 Å². The Balaban J connectivity index is 1.61. The third-order valence-corrected chi connectivity index (χ3v) is 3.91.